The number of nitrogens with zero attached hydrogens (tertiary/aromatic N) is 4. The fourth-order valence-electron chi connectivity index (χ4n) is 4.04. The van der Waals surface area contributed by atoms with Gasteiger partial charge in [0, 0.05) is 50.2 Å². The molecule has 0 radical (unpaired) electrons. The highest BCUT2D eigenvalue weighted by molar-refractivity contribution is 5.42. The van der Waals surface area contributed by atoms with Crippen LogP contribution < -0.4 is 10.6 Å². The normalized spacial score (nSPS) is 26.8. The monoisotopic (exact) mass is 431 g/mol. The molecule has 1 aromatic rings. The smallest absolute Gasteiger partial charge is 0.354 e. The van der Waals surface area contributed by atoms with E-state index in [-0.39, 0.29) is 11.9 Å². The Morgan fingerprint density at radius 1 is 1.07 bits per heavy atom. The summed E-state index contributed by atoms with van der Waals surface area (Å²) in [4.78, 5) is 12.2. The maximum Gasteiger partial charge on any atom is 0.433 e. The van der Waals surface area contributed by atoms with Crippen LogP contribution >= 0.6 is 0 Å². The fraction of sp³-hybridized carbons (Fsp3) is 0.810. The van der Waals surface area contributed by atoms with Crippen molar-refractivity contribution < 1.29 is 17.6 Å². The Balaban J connectivity index is 1.62. The average Bonchev–Trinajstić information content (AvgIpc) is 2.68. The Morgan fingerprint density at radius 3 is 2.20 bits per heavy atom. The summed E-state index contributed by atoms with van der Waals surface area (Å²) in [5, 5.41) is 0. The molecule has 2 aliphatic rings. The number of piperazine rings is 1. The predicted molar refractivity (Wildman–Crippen MR) is 109 cm³/mol. The lowest BCUT2D eigenvalue weighted by Gasteiger charge is -2.38. The van der Waals surface area contributed by atoms with Crippen molar-refractivity contribution in [3.63, 3.8) is 0 Å². The minimum atomic E-state index is -4.52. The zero-order valence-electron chi connectivity index (χ0n) is 18.1. The maximum atomic E-state index is 14.9. The molecule has 30 heavy (non-hydrogen) atoms. The second-order valence-electron chi connectivity index (χ2n) is 9.75. The molecule has 0 bridgehead atoms. The molecule has 1 aliphatic heterocycles. The Morgan fingerprint density at radius 2 is 1.67 bits per heavy atom. The van der Waals surface area contributed by atoms with Crippen molar-refractivity contribution in [3.05, 3.63) is 17.6 Å². The minimum absolute atomic E-state index is 0.116. The summed E-state index contributed by atoms with van der Waals surface area (Å²) in [6, 6.07) is 1.15. The summed E-state index contributed by atoms with van der Waals surface area (Å²) in [5.74, 6) is 0.495. The second kappa shape index (κ2) is 8.57. The average molecular weight is 432 g/mol. The minimum Gasteiger partial charge on any atom is -0.354 e. The van der Waals surface area contributed by atoms with Gasteiger partial charge in [-0.15, -0.1) is 0 Å². The van der Waals surface area contributed by atoms with Crippen LogP contribution in [0.4, 0.5) is 23.4 Å². The molecule has 170 valence electrons. The van der Waals surface area contributed by atoms with Gasteiger partial charge in [-0.3, -0.25) is 4.90 Å². The van der Waals surface area contributed by atoms with Crippen molar-refractivity contribution in [2.45, 2.75) is 76.2 Å². The summed E-state index contributed by atoms with van der Waals surface area (Å²) in [7, 11) is 0. The van der Waals surface area contributed by atoms with Gasteiger partial charge in [-0.25, -0.2) is 14.4 Å². The topological polar surface area (TPSA) is 58.3 Å². The largest absolute Gasteiger partial charge is 0.433 e. The molecular formula is C21H33F4N5. The third-order valence-electron chi connectivity index (χ3n) is 6.17. The molecule has 0 aromatic carbocycles. The van der Waals surface area contributed by atoms with Crippen LogP contribution in [0.2, 0.25) is 0 Å². The van der Waals surface area contributed by atoms with E-state index in [1.54, 1.807) is 20.8 Å². The molecule has 1 aromatic heterocycles. The van der Waals surface area contributed by atoms with Crippen LogP contribution in [-0.2, 0) is 11.6 Å². The first-order valence-corrected chi connectivity index (χ1v) is 10.7. The van der Waals surface area contributed by atoms with Gasteiger partial charge in [0.25, 0.3) is 0 Å². The second-order valence-corrected chi connectivity index (χ2v) is 9.75. The molecule has 9 heteroatoms. The molecule has 1 saturated carbocycles. The van der Waals surface area contributed by atoms with Gasteiger partial charge in [-0.1, -0.05) is 20.8 Å². The standard InChI is InChI=1S/C21H33F4N5/c1-19(2,3)18-27-16(21(23,24)25)14-17(28-18)30-12-10-29(11-13-30)9-8-20(22)6-4-15(26)5-7-20/h14-15H,4-13,26H2,1-3H3. The number of anilines is 1. The van der Waals surface area contributed by atoms with Crippen LogP contribution in [0.3, 0.4) is 0 Å². The quantitative estimate of drug-likeness (QED) is 0.733. The summed E-state index contributed by atoms with van der Waals surface area (Å²) in [6.07, 6.45) is -1.53. The van der Waals surface area contributed by atoms with Crippen molar-refractivity contribution in [1.29, 1.82) is 0 Å². The van der Waals surface area contributed by atoms with Crippen molar-refractivity contribution in [1.82, 2.24) is 14.9 Å². The van der Waals surface area contributed by atoms with E-state index in [9.17, 15) is 17.6 Å². The Hall–Kier alpha value is -1.48. The van der Waals surface area contributed by atoms with Gasteiger partial charge in [0.1, 0.15) is 23.0 Å². The highest BCUT2D eigenvalue weighted by atomic mass is 19.4. The number of hydrogen-bond acceptors (Lipinski definition) is 5. The van der Waals surface area contributed by atoms with Gasteiger partial charge in [-0.2, -0.15) is 13.2 Å². The number of nitrogens with two attached hydrogens (primary N) is 1. The van der Waals surface area contributed by atoms with Crippen LogP contribution in [0.1, 0.15) is 64.4 Å². The number of halogens is 4. The van der Waals surface area contributed by atoms with E-state index < -0.39 is 23.0 Å². The molecule has 0 amide bonds. The van der Waals surface area contributed by atoms with Crippen LogP contribution in [0, 0.1) is 0 Å². The van der Waals surface area contributed by atoms with Crippen molar-refractivity contribution in [3.8, 4) is 0 Å². The van der Waals surface area contributed by atoms with E-state index in [1.165, 1.54) is 0 Å². The SMILES string of the molecule is CC(C)(C)c1nc(N2CCN(CCC3(F)CCC(N)CC3)CC2)cc(C(F)(F)F)n1. The van der Waals surface area contributed by atoms with Crippen molar-refractivity contribution in [2.24, 2.45) is 5.73 Å². The summed E-state index contributed by atoms with van der Waals surface area (Å²) >= 11 is 0. The summed E-state index contributed by atoms with van der Waals surface area (Å²) in [6.45, 7) is 8.52. The highest BCUT2D eigenvalue weighted by Gasteiger charge is 2.37. The van der Waals surface area contributed by atoms with Gasteiger partial charge in [0.15, 0.2) is 0 Å². The molecule has 1 aliphatic carbocycles. The van der Waals surface area contributed by atoms with E-state index in [0.29, 0.717) is 57.8 Å². The van der Waals surface area contributed by atoms with Crippen molar-refractivity contribution >= 4 is 5.82 Å². The molecular weight excluding hydrogens is 398 g/mol. The van der Waals surface area contributed by atoms with Crippen molar-refractivity contribution in [2.75, 3.05) is 37.6 Å². The van der Waals surface area contributed by atoms with E-state index >= 15 is 0 Å². The first kappa shape index (κ1) is 23.2. The van der Waals surface area contributed by atoms with Crippen LogP contribution in [0.25, 0.3) is 0 Å². The number of rotatable bonds is 4. The van der Waals surface area contributed by atoms with E-state index in [2.05, 4.69) is 14.9 Å². The number of alkyl halides is 4. The lowest BCUT2D eigenvalue weighted by molar-refractivity contribution is -0.141. The zero-order chi connectivity index (χ0) is 22.2. The van der Waals surface area contributed by atoms with Gasteiger partial charge >= 0.3 is 6.18 Å². The van der Waals surface area contributed by atoms with Gasteiger partial charge in [0.2, 0.25) is 0 Å². The Labute approximate surface area is 176 Å². The van der Waals surface area contributed by atoms with E-state index in [4.69, 9.17) is 5.73 Å². The summed E-state index contributed by atoms with van der Waals surface area (Å²) in [5.41, 5.74) is 3.25. The first-order chi connectivity index (χ1) is 13.9. The fourth-order valence-corrected chi connectivity index (χ4v) is 4.04. The van der Waals surface area contributed by atoms with Crippen LogP contribution in [-0.4, -0.2) is 59.3 Å². The van der Waals surface area contributed by atoms with Crippen LogP contribution in [0.5, 0.6) is 0 Å². The van der Waals surface area contributed by atoms with E-state index in [0.717, 1.165) is 18.9 Å². The summed E-state index contributed by atoms with van der Waals surface area (Å²) < 4.78 is 55.0. The lowest BCUT2D eigenvalue weighted by Crippen LogP contribution is -2.48. The van der Waals surface area contributed by atoms with Gasteiger partial charge < -0.3 is 10.6 Å². The zero-order valence-corrected chi connectivity index (χ0v) is 18.1. The third kappa shape index (κ3) is 5.81. The third-order valence-corrected chi connectivity index (χ3v) is 6.17. The molecule has 3 rings (SSSR count). The molecule has 2 fully saturated rings. The highest BCUT2D eigenvalue weighted by Crippen LogP contribution is 2.35. The molecule has 2 N–H and O–H groups in total. The number of hydrogen-bond donors (Lipinski definition) is 1. The Bertz CT molecular complexity index is 683. The molecule has 0 unspecified atom stereocenters. The predicted octanol–water partition coefficient (Wildman–Crippen LogP) is 3.91. The number of aromatic nitrogens is 2. The first-order valence-electron chi connectivity index (χ1n) is 10.7. The molecule has 1 saturated heterocycles. The molecule has 2 heterocycles. The lowest BCUT2D eigenvalue weighted by atomic mass is 9.82. The maximum absolute atomic E-state index is 14.9. The van der Waals surface area contributed by atoms with Crippen LogP contribution in [0.15, 0.2) is 6.07 Å². The van der Waals surface area contributed by atoms with Gasteiger partial charge in [-0.05, 0) is 32.1 Å². The molecule has 5 nitrogen and oxygen atoms in total. The Kier molecular flexibility index (Phi) is 6.63. The van der Waals surface area contributed by atoms with E-state index in [1.807, 2.05) is 4.90 Å². The molecule has 0 atom stereocenters. The van der Waals surface area contributed by atoms with Gasteiger partial charge in [0.05, 0.1) is 0 Å². The molecule has 0 spiro atoms.